The molecule has 0 heterocycles. The number of halogens is 2. The Hall–Kier alpha value is -1.63. The molecule has 0 amide bonds. The number of nitrogens with zero attached hydrogens (tertiary/aromatic N) is 2. The van der Waals surface area contributed by atoms with Gasteiger partial charge in [0.25, 0.3) is 0 Å². The Morgan fingerprint density at radius 1 is 1.21 bits per heavy atom. The molecular formula is C15H18F2N2. The molecular weight excluding hydrogens is 246 g/mol. The van der Waals surface area contributed by atoms with Crippen molar-refractivity contribution in [3.05, 3.63) is 29.3 Å². The average molecular weight is 264 g/mol. The van der Waals surface area contributed by atoms with Crippen molar-refractivity contribution in [1.82, 2.24) is 0 Å². The van der Waals surface area contributed by atoms with E-state index in [1.54, 1.807) is 6.07 Å². The minimum atomic E-state index is -0.635. The quantitative estimate of drug-likeness (QED) is 0.825. The van der Waals surface area contributed by atoms with Crippen molar-refractivity contribution in [3.8, 4) is 6.07 Å². The molecule has 0 aliphatic heterocycles. The molecule has 1 aromatic carbocycles. The van der Waals surface area contributed by atoms with Crippen molar-refractivity contribution in [2.75, 3.05) is 11.4 Å². The van der Waals surface area contributed by atoms with Crippen LogP contribution in [0.25, 0.3) is 0 Å². The van der Waals surface area contributed by atoms with E-state index in [9.17, 15) is 8.78 Å². The fourth-order valence-electron chi connectivity index (χ4n) is 2.90. The van der Waals surface area contributed by atoms with E-state index in [4.69, 9.17) is 5.26 Å². The Morgan fingerprint density at radius 2 is 1.79 bits per heavy atom. The summed E-state index contributed by atoms with van der Waals surface area (Å²) in [6, 6.07) is 4.21. The number of benzene rings is 1. The highest BCUT2D eigenvalue weighted by Gasteiger charge is 2.25. The van der Waals surface area contributed by atoms with Gasteiger partial charge in [0.2, 0.25) is 0 Å². The second-order valence-corrected chi connectivity index (χ2v) is 4.98. The fourth-order valence-corrected chi connectivity index (χ4v) is 2.90. The van der Waals surface area contributed by atoms with Gasteiger partial charge in [-0.25, -0.2) is 8.78 Å². The first-order valence-electron chi connectivity index (χ1n) is 6.83. The lowest BCUT2D eigenvalue weighted by Crippen LogP contribution is -2.37. The van der Waals surface area contributed by atoms with E-state index in [2.05, 4.69) is 0 Å². The largest absolute Gasteiger partial charge is 0.364 e. The maximum absolute atomic E-state index is 14.1. The smallest absolute Gasteiger partial charge is 0.150 e. The first-order valence-corrected chi connectivity index (χ1v) is 6.83. The molecule has 0 unspecified atom stereocenters. The lowest BCUT2D eigenvalue weighted by Gasteiger charge is -2.35. The predicted octanol–water partition coefficient (Wildman–Crippen LogP) is 4.00. The summed E-state index contributed by atoms with van der Waals surface area (Å²) >= 11 is 0. The van der Waals surface area contributed by atoms with Crippen LogP contribution >= 0.6 is 0 Å². The van der Waals surface area contributed by atoms with Crippen LogP contribution in [0.5, 0.6) is 0 Å². The van der Waals surface area contributed by atoms with E-state index in [-0.39, 0.29) is 17.3 Å². The van der Waals surface area contributed by atoms with E-state index in [1.807, 2.05) is 11.8 Å². The van der Waals surface area contributed by atoms with Gasteiger partial charge in [-0.1, -0.05) is 19.3 Å². The van der Waals surface area contributed by atoms with E-state index >= 15 is 0 Å². The van der Waals surface area contributed by atoms with Crippen LogP contribution in [0.4, 0.5) is 14.5 Å². The summed E-state index contributed by atoms with van der Waals surface area (Å²) in [5.74, 6) is -1.27. The van der Waals surface area contributed by atoms with Gasteiger partial charge in [0, 0.05) is 12.6 Å². The van der Waals surface area contributed by atoms with Crippen molar-refractivity contribution in [3.63, 3.8) is 0 Å². The third-order valence-corrected chi connectivity index (χ3v) is 3.79. The van der Waals surface area contributed by atoms with E-state index in [0.717, 1.165) is 37.8 Å². The molecule has 1 aliphatic rings. The summed E-state index contributed by atoms with van der Waals surface area (Å²) in [4.78, 5) is 1.81. The molecule has 2 rings (SSSR count). The van der Waals surface area contributed by atoms with Gasteiger partial charge in [-0.15, -0.1) is 0 Å². The Kier molecular flexibility index (Phi) is 4.36. The van der Waals surface area contributed by atoms with Crippen molar-refractivity contribution in [1.29, 1.82) is 5.26 Å². The van der Waals surface area contributed by atoms with Crippen molar-refractivity contribution < 1.29 is 8.78 Å². The van der Waals surface area contributed by atoms with E-state index < -0.39 is 11.6 Å². The zero-order chi connectivity index (χ0) is 13.8. The zero-order valence-corrected chi connectivity index (χ0v) is 11.1. The fraction of sp³-hybridized carbons (Fsp3) is 0.533. The normalized spacial score (nSPS) is 16.1. The maximum Gasteiger partial charge on any atom is 0.150 e. The van der Waals surface area contributed by atoms with Crippen LogP contribution in [0.2, 0.25) is 0 Å². The molecule has 1 saturated carbocycles. The Labute approximate surface area is 112 Å². The van der Waals surface area contributed by atoms with Gasteiger partial charge >= 0.3 is 0 Å². The summed E-state index contributed by atoms with van der Waals surface area (Å²) in [5.41, 5.74) is 0.0480. The number of anilines is 1. The zero-order valence-electron chi connectivity index (χ0n) is 11.1. The van der Waals surface area contributed by atoms with Gasteiger partial charge in [0.1, 0.15) is 5.69 Å². The van der Waals surface area contributed by atoms with Gasteiger partial charge in [-0.05, 0) is 31.9 Å². The first kappa shape index (κ1) is 13.8. The SMILES string of the molecule is CCN(c1c(F)cc(C#N)cc1F)C1CCCCC1. The topological polar surface area (TPSA) is 27.0 Å². The van der Waals surface area contributed by atoms with Crippen LogP contribution in [0.15, 0.2) is 12.1 Å². The number of hydrogen-bond acceptors (Lipinski definition) is 2. The molecule has 1 fully saturated rings. The lowest BCUT2D eigenvalue weighted by molar-refractivity contribution is 0.410. The van der Waals surface area contributed by atoms with Gasteiger partial charge in [-0.3, -0.25) is 0 Å². The maximum atomic E-state index is 14.1. The van der Waals surface area contributed by atoms with Gasteiger partial charge < -0.3 is 4.90 Å². The molecule has 0 saturated heterocycles. The average Bonchev–Trinajstić information content (AvgIpc) is 2.43. The number of rotatable bonds is 3. The van der Waals surface area contributed by atoms with Gasteiger partial charge in [-0.2, -0.15) is 5.26 Å². The summed E-state index contributed by atoms with van der Waals surface area (Å²) in [6.45, 7) is 2.48. The Morgan fingerprint density at radius 3 is 2.26 bits per heavy atom. The van der Waals surface area contributed by atoms with Crippen molar-refractivity contribution in [2.24, 2.45) is 0 Å². The van der Waals surface area contributed by atoms with Crippen LogP contribution < -0.4 is 4.90 Å². The Balaban J connectivity index is 2.35. The van der Waals surface area contributed by atoms with Crippen LogP contribution in [0.1, 0.15) is 44.6 Å². The lowest BCUT2D eigenvalue weighted by atomic mass is 9.93. The van der Waals surface area contributed by atoms with Crippen LogP contribution in [-0.4, -0.2) is 12.6 Å². The minimum Gasteiger partial charge on any atom is -0.364 e. The predicted molar refractivity (Wildman–Crippen MR) is 71.0 cm³/mol. The molecule has 0 atom stereocenters. The molecule has 0 radical (unpaired) electrons. The molecule has 4 heteroatoms. The first-order chi connectivity index (χ1) is 9.17. The molecule has 102 valence electrons. The molecule has 19 heavy (non-hydrogen) atoms. The molecule has 0 bridgehead atoms. The van der Waals surface area contributed by atoms with Crippen molar-refractivity contribution >= 4 is 5.69 Å². The minimum absolute atomic E-state index is 0.0217. The highest BCUT2D eigenvalue weighted by Crippen LogP contribution is 2.31. The van der Waals surface area contributed by atoms with Crippen LogP contribution in [0, 0.1) is 23.0 Å². The molecule has 0 spiro atoms. The summed E-state index contributed by atoms with van der Waals surface area (Å²) in [6.07, 6.45) is 5.38. The molecule has 0 aromatic heterocycles. The van der Waals surface area contributed by atoms with Gasteiger partial charge in [0.15, 0.2) is 11.6 Å². The monoisotopic (exact) mass is 264 g/mol. The molecule has 1 aromatic rings. The second kappa shape index (κ2) is 6.01. The summed E-state index contributed by atoms with van der Waals surface area (Å²) in [5, 5.41) is 8.72. The Bertz CT molecular complexity index is 464. The molecule has 0 N–H and O–H groups in total. The van der Waals surface area contributed by atoms with Crippen molar-refractivity contribution in [2.45, 2.75) is 45.1 Å². The third-order valence-electron chi connectivity index (χ3n) is 3.79. The molecule has 2 nitrogen and oxygen atoms in total. The van der Waals surface area contributed by atoms with Crippen LogP contribution in [-0.2, 0) is 0 Å². The molecule has 1 aliphatic carbocycles. The standard InChI is InChI=1S/C15H18F2N2/c1-2-19(12-6-4-3-5-7-12)15-13(16)8-11(10-18)9-14(15)17/h8-9,12H,2-7H2,1H3. The van der Waals surface area contributed by atoms with Crippen LogP contribution in [0.3, 0.4) is 0 Å². The van der Waals surface area contributed by atoms with Gasteiger partial charge in [0.05, 0.1) is 11.6 Å². The second-order valence-electron chi connectivity index (χ2n) is 4.98. The highest BCUT2D eigenvalue weighted by molar-refractivity contribution is 5.53. The summed E-state index contributed by atoms with van der Waals surface area (Å²) < 4.78 is 28.1. The number of hydrogen-bond donors (Lipinski definition) is 0. The third kappa shape index (κ3) is 2.86. The van der Waals surface area contributed by atoms with E-state index in [1.165, 1.54) is 6.42 Å². The highest BCUT2D eigenvalue weighted by atomic mass is 19.1. The number of nitriles is 1. The van der Waals surface area contributed by atoms with E-state index in [0.29, 0.717) is 6.54 Å². The summed E-state index contributed by atoms with van der Waals surface area (Å²) in [7, 11) is 0.